The lowest BCUT2D eigenvalue weighted by atomic mass is 9.95. The van der Waals surface area contributed by atoms with Gasteiger partial charge in [-0.05, 0) is 74.6 Å². The lowest BCUT2D eigenvalue weighted by Crippen LogP contribution is -2.41. The zero-order chi connectivity index (χ0) is 25.9. The van der Waals surface area contributed by atoms with E-state index in [1.54, 1.807) is 0 Å². The second-order valence-corrected chi connectivity index (χ2v) is 11.4. The van der Waals surface area contributed by atoms with Gasteiger partial charge >= 0.3 is 0 Å². The molecule has 2 aliphatic carbocycles. The number of piperidine rings is 1. The molecular weight excluding hydrogens is 472 g/mol. The van der Waals surface area contributed by atoms with Gasteiger partial charge in [0.15, 0.2) is 0 Å². The van der Waals surface area contributed by atoms with Crippen molar-refractivity contribution < 1.29 is 4.79 Å². The Morgan fingerprint density at radius 2 is 1.84 bits per heavy atom. The van der Waals surface area contributed by atoms with Crippen LogP contribution in [-0.2, 0) is 4.79 Å². The monoisotopic (exact) mass is 512 g/mol. The Morgan fingerprint density at radius 3 is 2.61 bits per heavy atom. The topological polar surface area (TPSA) is 83.0 Å². The highest BCUT2D eigenvalue weighted by molar-refractivity contribution is 5.95. The zero-order valence-corrected chi connectivity index (χ0v) is 22.6. The van der Waals surface area contributed by atoms with Crippen LogP contribution in [0, 0.1) is 5.92 Å². The van der Waals surface area contributed by atoms with Crippen LogP contribution in [0.3, 0.4) is 0 Å². The maximum Gasteiger partial charge on any atom is 0.223 e. The van der Waals surface area contributed by atoms with E-state index in [1.807, 2.05) is 12.4 Å². The lowest BCUT2D eigenvalue weighted by Gasteiger charge is -2.33. The van der Waals surface area contributed by atoms with E-state index in [-0.39, 0.29) is 11.8 Å². The molecule has 0 radical (unpaired) electrons. The molecule has 3 aliphatic rings. The summed E-state index contributed by atoms with van der Waals surface area (Å²) < 4.78 is 0. The minimum absolute atomic E-state index is 0.0870. The molecule has 7 heteroatoms. The van der Waals surface area contributed by atoms with Crippen molar-refractivity contribution in [2.45, 2.75) is 83.1 Å². The minimum atomic E-state index is 0.0870. The first-order valence-electron chi connectivity index (χ1n) is 14.7. The van der Waals surface area contributed by atoms with Crippen molar-refractivity contribution in [2.24, 2.45) is 5.92 Å². The molecule has 2 N–H and O–H groups in total. The second-order valence-electron chi connectivity index (χ2n) is 11.4. The fourth-order valence-electron chi connectivity index (χ4n) is 6.15. The van der Waals surface area contributed by atoms with Crippen LogP contribution in [0.5, 0.6) is 0 Å². The van der Waals surface area contributed by atoms with Gasteiger partial charge in [-0.15, -0.1) is 0 Å². The summed E-state index contributed by atoms with van der Waals surface area (Å²) in [6.45, 7) is 4.51. The normalized spacial score (nSPS) is 19.0. The third kappa shape index (κ3) is 5.47. The molecule has 1 amide bonds. The van der Waals surface area contributed by atoms with Crippen molar-refractivity contribution >= 4 is 28.3 Å². The van der Waals surface area contributed by atoms with Crippen molar-refractivity contribution in [2.75, 3.05) is 29.9 Å². The minimum Gasteiger partial charge on any atom is -0.367 e. The van der Waals surface area contributed by atoms with Crippen LogP contribution in [0.25, 0.3) is 22.0 Å². The Kier molecular flexibility index (Phi) is 7.43. The van der Waals surface area contributed by atoms with Crippen molar-refractivity contribution in [1.29, 1.82) is 0 Å². The number of hydrogen-bond acceptors (Lipinski definition) is 6. The van der Waals surface area contributed by atoms with Crippen molar-refractivity contribution in [3.05, 3.63) is 42.4 Å². The summed E-state index contributed by atoms with van der Waals surface area (Å²) in [5.74, 6) is 2.83. The predicted octanol–water partition coefficient (Wildman–Crippen LogP) is 6.06. The molecule has 0 spiro atoms. The number of anilines is 2. The van der Waals surface area contributed by atoms with Crippen LogP contribution in [0.15, 0.2) is 36.8 Å². The first-order valence-corrected chi connectivity index (χ1v) is 14.7. The number of carbonyl (C=O) groups excluding carboxylic acids is 1. The summed E-state index contributed by atoms with van der Waals surface area (Å²) in [5.41, 5.74) is 3.51. The van der Waals surface area contributed by atoms with E-state index in [9.17, 15) is 4.79 Å². The summed E-state index contributed by atoms with van der Waals surface area (Å²) in [7, 11) is 0. The van der Waals surface area contributed by atoms with Crippen LogP contribution >= 0.6 is 0 Å². The Morgan fingerprint density at radius 1 is 1.03 bits per heavy atom. The van der Waals surface area contributed by atoms with Gasteiger partial charge in [-0.25, -0.2) is 9.97 Å². The quantitative estimate of drug-likeness (QED) is 0.382. The van der Waals surface area contributed by atoms with Crippen molar-refractivity contribution in [3.8, 4) is 11.3 Å². The van der Waals surface area contributed by atoms with Gasteiger partial charge < -0.3 is 15.5 Å². The Bertz CT molecular complexity index is 1270. The van der Waals surface area contributed by atoms with E-state index in [4.69, 9.17) is 9.97 Å². The number of carbonyl (C=O) groups is 1. The number of aromatic nitrogens is 3. The number of amides is 1. The van der Waals surface area contributed by atoms with Gasteiger partial charge in [0.2, 0.25) is 5.91 Å². The molecule has 0 unspecified atom stereocenters. The Balaban J connectivity index is 1.32. The molecule has 7 nitrogen and oxygen atoms in total. The van der Waals surface area contributed by atoms with E-state index < -0.39 is 0 Å². The average Bonchev–Trinajstić information content (AvgIpc) is 3.81. The van der Waals surface area contributed by atoms with Gasteiger partial charge in [0.25, 0.3) is 0 Å². The fraction of sp³-hybridized carbons (Fsp3) is 0.548. The maximum absolute atomic E-state index is 12.6. The number of pyridine rings is 3. The van der Waals surface area contributed by atoms with Crippen LogP contribution in [0.1, 0.15) is 82.6 Å². The molecular formula is C31H40N6O. The highest BCUT2D eigenvalue weighted by atomic mass is 16.1. The summed E-state index contributed by atoms with van der Waals surface area (Å²) in [6, 6.07) is 7.02. The van der Waals surface area contributed by atoms with Gasteiger partial charge in [-0.2, -0.15) is 0 Å². The largest absolute Gasteiger partial charge is 0.367 e. The van der Waals surface area contributed by atoms with Crippen LogP contribution in [0.2, 0.25) is 0 Å². The van der Waals surface area contributed by atoms with Crippen LogP contribution in [0.4, 0.5) is 11.6 Å². The average molecular weight is 513 g/mol. The maximum atomic E-state index is 12.6. The van der Waals surface area contributed by atoms with E-state index in [0.29, 0.717) is 12.0 Å². The standard InChI is InChI=1S/C31H40N6O/c1-2-13-33-31(38)22-11-15-37(16-12-22)30-25-10-14-32-19-23(25)17-28(36-30)26-18-29(34-20-27(26)21-8-9-21)35-24-6-4-3-5-7-24/h10,14,17-22,24H,2-9,11-13,15-16H2,1H3,(H,33,38)(H,34,35). The molecule has 3 aromatic heterocycles. The SMILES string of the molecule is CCCNC(=O)C1CCN(c2nc(-c3cc(NC4CCCCC4)ncc3C3CC3)cc3cnccc23)CC1. The van der Waals surface area contributed by atoms with Crippen molar-refractivity contribution in [1.82, 2.24) is 20.3 Å². The summed E-state index contributed by atoms with van der Waals surface area (Å²) in [5, 5.41) is 9.04. The lowest BCUT2D eigenvalue weighted by molar-refractivity contribution is -0.125. The van der Waals surface area contributed by atoms with E-state index in [1.165, 1.54) is 56.1 Å². The number of nitrogens with one attached hydrogen (secondary N) is 2. The molecule has 2 saturated carbocycles. The molecule has 1 saturated heterocycles. The summed E-state index contributed by atoms with van der Waals surface area (Å²) in [4.78, 5) is 29.5. The predicted molar refractivity (Wildman–Crippen MR) is 153 cm³/mol. The number of rotatable bonds is 8. The van der Waals surface area contributed by atoms with Gasteiger partial charge in [-0.3, -0.25) is 9.78 Å². The molecule has 200 valence electrons. The number of fused-ring (bicyclic) bond motifs is 1. The van der Waals surface area contributed by atoms with E-state index in [2.05, 4.69) is 51.8 Å². The zero-order valence-electron chi connectivity index (χ0n) is 22.6. The smallest absolute Gasteiger partial charge is 0.223 e. The highest BCUT2D eigenvalue weighted by Crippen LogP contribution is 2.45. The Hall–Kier alpha value is -3.22. The first-order chi connectivity index (χ1) is 18.7. The van der Waals surface area contributed by atoms with Gasteiger partial charge in [0, 0.05) is 66.5 Å². The van der Waals surface area contributed by atoms with Gasteiger partial charge in [0.1, 0.15) is 11.6 Å². The van der Waals surface area contributed by atoms with E-state index >= 15 is 0 Å². The van der Waals surface area contributed by atoms with Crippen LogP contribution in [-0.4, -0.2) is 46.5 Å². The molecule has 6 rings (SSSR count). The summed E-state index contributed by atoms with van der Waals surface area (Å²) >= 11 is 0. The van der Waals surface area contributed by atoms with Crippen molar-refractivity contribution in [3.63, 3.8) is 0 Å². The fourth-order valence-corrected chi connectivity index (χ4v) is 6.15. The molecule has 0 aromatic carbocycles. The molecule has 0 bridgehead atoms. The second kappa shape index (κ2) is 11.3. The molecule has 3 aromatic rings. The van der Waals surface area contributed by atoms with Gasteiger partial charge in [0.05, 0.1) is 5.69 Å². The van der Waals surface area contributed by atoms with E-state index in [0.717, 1.165) is 67.0 Å². The first kappa shape index (κ1) is 25.1. The molecule has 3 fully saturated rings. The Labute approximate surface area is 225 Å². The molecule has 38 heavy (non-hydrogen) atoms. The number of nitrogens with zero attached hydrogens (tertiary/aromatic N) is 4. The third-order valence-corrected chi connectivity index (χ3v) is 8.51. The highest BCUT2D eigenvalue weighted by Gasteiger charge is 2.30. The molecule has 4 heterocycles. The summed E-state index contributed by atoms with van der Waals surface area (Å²) in [6.07, 6.45) is 17.4. The molecule has 1 aliphatic heterocycles. The molecule has 0 atom stereocenters. The van der Waals surface area contributed by atoms with Crippen LogP contribution < -0.4 is 15.5 Å². The third-order valence-electron chi connectivity index (χ3n) is 8.51. The number of hydrogen-bond donors (Lipinski definition) is 2. The van der Waals surface area contributed by atoms with Gasteiger partial charge in [-0.1, -0.05) is 26.2 Å².